The van der Waals surface area contributed by atoms with E-state index in [1.807, 2.05) is 0 Å². The van der Waals surface area contributed by atoms with Gasteiger partial charge in [0.2, 0.25) is 5.79 Å². The van der Waals surface area contributed by atoms with Crippen LogP contribution in [0.1, 0.15) is 57.1 Å². The molecule has 0 aromatic heterocycles. The highest BCUT2D eigenvalue weighted by Crippen LogP contribution is 2.77. The molecule has 6 fully saturated rings. The molecule has 7 rings (SSSR count). The van der Waals surface area contributed by atoms with E-state index in [-0.39, 0.29) is 23.9 Å². The molecule has 39 heavy (non-hydrogen) atoms. The maximum Gasteiger partial charge on any atom is 0.416 e. The molecule has 0 amide bonds. The van der Waals surface area contributed by atoms with Gasteiger partial charge in [0.25, 0.3) is 0 Å². The molecule has 1 aromatic carbocycles. The smallest absolute Gasteiger partial charge is 0.416 e. The fourth-order valence-electron chi connectivity index (χ4n) is 9.37. The lowest BCUT2D eigenvalue weighted by molar-refractivity contribution is -0.468. The van der Waals surface area contributed by atoms with Crippen LogP contribution in [-0.2, 0) is 20.4 Å². The van der Waals surface area contributed by atoms with Crippen LogP contribution >= 0.6 is 0 Å². The molecule has 2 heterocycles. The number of carbonyl (C=O) groups excluding carboxylic acids is 1. The summed E-state index contributed by atoms with van der Waals surface area (Å²) in [6, 6.07) is 4.43. The second-order valence-electron chi connectivity index (χ2n) is 13.0. The number of aliphatic hydroxyl groups is 3. The fraction of sp³-hybridized carbons (Fsp3) is 0.633. The molecule has 4 unspecified atom stereocenters. The summed E-state index contributed by atoms with van der Waals surface area (Å²) >= 11 is 0. The van der Waals surface area contributed by atoms with E-state index in [9.17, 15) is 33.3 Å². The Balaban J connectivity index is 1.34. The Bertz CT molecular complexity index is 1220. The van der Waals surface area contributed by atoms with Crippen LogP contribution in [0.4, 0.5) is 13.2 Å². The second kappa shape index (κ2) is 8.41. The molecule has 4 aliphatic carbocycles. The Morgan fingerprint density at radius 1 is 1.15 bits per heavy atom. The van der Waals surface area contributed by atoms with Gasteiger partial charge < -0.3 is 24.8 Å². The summed E-state index contributed by atoms with van der Waals surface area (Å²) in [6.45, 7) is 8.48. The van der Waals surface area contributed by atoms with E-state index in [1.54, 1.807) is 0 Å². The third kappa shape index (κ3) is 3.46. The molecule has 4 saturated carbocycles. The van der Waals surface area contributed by atoms with Gasteiger partial charge in [-0.05, 0) is 67.2 Å². The average molecular weight is 549 g/mol. The summed E-state index contributed by atoms with van der Waals surface area (Å²) in [5, 5.41) is 35.5. The Kier molecular flexibility index (Phi) is 5.82. The second-order valence-corrected chi connectivity index (χ2v) is 13.0. The molecule has 9 heteroatoms. The van der Waals surface area contributed by atoms with Crippen molar-refractivity contribution in [3.63, 3.8) is 0 Å². The normalized spacial score (nSPS) is 44.3. The Morgan fingerprint density at radius 3 is 2.51 bits per heavy atom. The molecule has 2 aliphatic heterocycles. The SMILES string of the molecule is C=C1CC23C(CC[C@@H]1[C@H]2OC(=O)/C=C/c1ccc(C(F)(F)F)cc1)C12CO[C@@]3(O)[C@@H](O)[C@@H]1C(C)(C)CCC2O. The van der Waals surface area contributed by atoms with Crippen LogP contribution < -0.4 is 0 Å². The summed E-state index contributed by atoms with van der Waals surface area (Å²) < 4.78 is 50.8. The van der Waals surface area contributed by atoms with E-state index in [2.05, 4.69) is 20.4 Å². The van der Waals surface area contributed by atoms with E-state index >= 15 is 0 Å². The zero-order valence-electron chi connectivity index (χ0n) is 22.1. The van der Waals surface area contributed by atoms with Crippen molar-refractivity contribution in [1.29, 1.82) is 0 Å². The van der Waals surface area contributed by atoms with Crippen molar-refractivity contribution < 1.29 is 42.8 Å². The third-order valence-corrected chi connectivity index (χ3v) is 10.9. The van der Waals surface area contributed by atoms with E-state index in [4.69, 9.17) is 9.47 Å². The molecule has 2 saturated heterocycles. The van der Waals surface area contributed by atoms with Gasteiger partial charge in [0.05, 0.1) is 23.7 Å². The highest BCUT2D eigenvalue weighted by molar-refractivity contribution is 5.87. The fourth-order valence-corrected chi connectivity index (χ4v) is 9.37. The standard InChI is InChI=1S/C30H35F3O6/c1-16-14-28-20(27-15-38-29(28,37)24(36)23(27)26(2,3)13-12-21(27)34)10-9-19(16)25(28)39-22(35)11-6-17-4-7-18(8-5-17)30(31,32)33/h4-8,11,19-21,23-25,34,36-37H,1,9-10,12-15H2,2-3H3/b11-6+/t19-,20?,21?,23+,24-,25+,27?,28?,29-/m0/s1. The molecular formula is C30H35F3O6. The molecule has 1 aromatic rings. The predicted molar refractivity (Wildman–Crippen MR) is 135 cm³/mol. The molecule has 6 nitrogen and oxygen atoms in total. The zero-order chi connectivity index (χ0) is 28.2. The lowest BCUT2D eigenvalue weighted by atomic mass is 9.36. The number of fused-ring (bicyclic) bond motifs is 2. The first-order chi connectivity index (χ1) is 18.2. The zero-order valence-corrected chi connectivity index (χ0v) is 22.1. The topological polar surface area (TPSA) is 96.2 Å². The third-order valence-electron chi connectivity index (χ3n) is 10.9. The summed E-state index contributed by atoms with van der Waals surface area (Å²) in [7, 11) is 0. The van der Waals surface area contributed by atoms with Crippen LogP contribution in [0, 0.1) is 34.0 Å². The number of hydrogen-bond acceptors (Lipinski definition) is 6. The van der Waals surface area contributed by atoms with Gasteiger partial charge in [0.1, 0.15) is 12.2 Å². The number of halogens is 3. The largest absolute Gasteiger partial charge is 0.458 e. The molecule has 9 atom stereocenters. The predicted octanol–water partition coefficient (Wildman–Crippen LogP) is 4.48. The summed E-state index contributed by atoms with van der Waals surface area (Å²) in [4.78, 5) is 13.1. The number of benzene rings is 1. The van der Waals surface area contributed by atoms with Crippen molar-refractivity contribution in [2.24, 2.45) is 34.0 Å². The summed E-state index contributed by atoms with van der Waals surface area (Å²) in [6.07, 6.45) is -1.86. The van der Waals surface area contributed by atoms with Crippen molar-refractivity contribution in [2.75, 3.05) is 6.61 Å². The number of rotatable bonds is 3. The molecule has 6 aliphatic rings. The lowest BCUT2D eigenvalue weighted by Gasteiger charge is -2.75. The van der Waals surface area contributed by atoms with Gasteiger partial charge in [-0.3, -0.25) is 0 Å². The number of alkyl halides is 3. The Labute approximate surface area is 225 Å². The van der Waals surface area contributed by atoms with Crippen LogP contribution in [0.3, 0.4) is 0 Å². The molecule has 2 spiro atoms. The molecule has 212 valence electrons. The van der Waals surface area contributed by atoms with Crippen molar-refractivity contribution in [2.45, 2.75) is 76.2 Å². The van der Waals surface area contributed by atoms with Gasteiger partial charge in [0, 0.05) is 23.3 Å². The first-order valence-electron chi connectivity index (χ1n) is 13.6. The highest BCUT2D eigenvalue weighted by atomic mass is 19.4. The highest BCUT2D eigenvalue weighted by Gasteiger charge is 2.84. The van der Waals surface area contributed by atoms with Gasteiger partial charge in [-0.2, -0.15) is 13.2 Å². The quantitative estimate of drug-likeness (QED) is 0.293. The van der Waals surface area contributed by atoms with Crippen molar-refractivity contribution >= 4 is 12.0 Å². The first-order valence-corrected chi connectivity index (χ1v) is 13.6. The number of esters is 1. The van der Waals surface area contributed by atoms with Crippen LogP contribution in [0.25, 0.3) is 6.08 Å². The number of hydrogen-bond donors (Lipinski definition) is 3. The number of carbonyl (C=O) groups is 1. The minimum atomic E-state index is -4.45. The van der Waals surface area contributed by atoms with Gasteiger partial charge in [-0.1, -0.05) is 38.1 Å². The van der Waals surface area contributed by atoms with E-state index in [0.29, 0.717) is 37.7 Å². The average Bonchev–Trinajstić information content (AvgIpc) is 3.01. The number of aliphatic hydroxyl groups excluding tert-OH is 2. The van der Waals surface area contributed by atoms with E-state index in [1.165, 1.54) is 18.2 Å². The van der Waals surface area contributed by atoms with Crippen molar-refractivity contribution in [3.05, 3.63) is 53.6 Å². The number of ether oxygens (including phenoxy) is 2. The van der Waals surface area contributed by atoms with Gasteiger partial charge in [-0.15, -0.1) is 0 Å². The minimum Gasteiger partial charge on any atom is -0.458 e. The Morgan fingerprint density at radius 2 is 1.85 bits per heavy atom. The van der Waals surface area contributed by atoms with E-state index in [0.717, 1.165) is 23.8 Å². The minimum absolute atomic E-state index is 0.119. The molecule has 4 bridgehead atoms. The van der Waals surface area contributed by atoms with Crippen molar-refractivity contribution in [3.8, 4) is 0 Å². The molecule has 0 radical (unpaired) electrons. The van der Waals surface area contributed by atoms with Crippen molar-refractivity contribution in [1.82, 2.24) is 0 Å². The van der Waals surface area contributed by atoms with Crippen LogP contribution in [0.15, 0.2) is 42.5 Å². The Hall–Kier alpha value is -2.20. The van der Waals surface area contributed by atoms with Crippen LogP contribution in [-0.4, -0.2) is 52.0 Å². The molecule has 3 N–H and O–H groups in total. The van der Waals surface area contributed by atoms with E-state index < -0.39 is 58.6 Å². The maximum absolute atomic E-state index is 13.1. The van der Waals surface area contributed by atoms with Gasteiger partial charge >= 0.3 is 12.1 Å². The molecular weight excluding hydrogens is 513 g/mol. The summed E-state index contributed by atoms with van der Waals surface area (Å²) in [5.74, 6) is -3.60. The van der Waals surface area contributed by atoms with Crippen LogP contribution in [0.2, 0.25) is 0 Å². The summed E-state index contributed by atoms with van der Waals surface area (Å²) in [5.41, 5.74) is -1.89. The van der Waals surface area contributed by atoms with Crippen LogP contribution in [0.5, 0.6) is 0 Å². The van der Waals surface area contributed by atoms with Gasteiger partial charge in [-0.25, -0.2) is 4.79 Å². The van der Waals surface area contributed by atoms with Gasteiger partial charge in [0.15, 0.2) is 0 Å². The maximum atomic E-state index is 13.1. The first kappa shape index (κ1) is 27.0. The monoisotopic (exact) mass is 548 g/mol. The lowest BCUT2D eigenvalue weighted by Crippen LogP contribution is -2.84.